The molecule has 5 nitrogen and oxygen atoms in total. The van der Waals surface area contributed by atoms with Gasteiger partial charge in [0.1, 0.15) is 5.65 Å². The molecule has 0 atom stereocenters. The van der Waals surface area contributed by atoms with E-state index in [1.165, 1.54) is 0 Å². The van der Waals surface area contributed by atoms with Crippen LogP contribution >= 0.6 is 15.9 Å². The van der Waals surface area contributed by atoms with Gasteiger partial charge in [-0.15, -0.1) is 0 Å². The zero-order valence-electron chi connectivity index (χ0n) is 12.0. The summed E-state index contributed by atoms with van der Waals surface area (Å²) in [6.45, 7) is 5.28. The van der Waals surface area contributed by atoms with Crippen molar-refractivity contribution in [3.05, 3.63) is 34.2 Å². The van der Waals surface area contributed by atoms with Crippen LogP contribution in [-0.2, 0) is 6.42 Å². The van der Waals surface area contributed by atoms with Gasteiger partial charge >= 0.3 is 6.03 Å². The van der Waals surface area contributed by atoms with Gasteiger partial charge < -0.3 is 14.6 Å². The maximum absolute atomic E-state index is 11.6. The molecule has 0 bridgehead atoms. The molecule has 108 valence electrons. The van der Waals surface area contributed by atoms with Crippen molar-refractivity contribution in [1.29, 1.82) is 0 Å². The van der Waals surface area contributed by atoms with Crippen LogP contribution in [0.25, 0.3) is 5.65 Å². The summed E-state index contributed by atoms with van der Waals surface area (Å²) in [6.07, 6.45) is 4.72. The average molecular weight is 339 g/mol. The highest BCUT2D eigenvalue weighted by Crippen LogP contribution is 2.17. The van der Waals surface area contributed by atoms with Crippen LogP contribution in [0.2, 0.25) is 0 Å². The monoisotopic (exact) mass is 338 g/mol. The van der Waals surface area contributed by atoms with Crippen LogP contribution in [0.4, 0.5) is 4.79 Å². The molecule has 0 aliphatic heterocycles. The molecule has 6 heteroatoms. The summed E-state index contributed by atoms with van der Waals surface area (Å²) in [5.74, 6) is 0. The molecule has 2 aromatic heterocycles. The summed E-state index contributed by atoms with van der Waals surface area (Å²) in [5.41, 5.74) is 3.06. The van der Waals surface area contributed by atoms with E-state index in [0.29, 0.717) is 13.1 Å². The Kier molecular flexibility index (Phi) is 4.65. The third-order valence-electron chi connectivity index (χ3n) is 3.23. The maximum atomic E-state index is 11.6. The Morgan fingerprint density at radius 3 is 2.95 bits per heavy atom. The quantitative estimate of drug-likeness (QED) is 0.931. The molecule has 2 rings (SSSR count). The highest BCUT2D eigenvalue weighted by molar-refractivity contribution is 9.10. The number of halogens is 1. The van der Waals surface area contributed by atoms with E-state index in [1.807, 2.05) is 36.7 Å². The van der Waals surface area contributed by atoms with Gasteiger partial charge in [-0.2, -0.15) is 0 Å². The number of hydrogen-bond acceptors (Lipinski definition) is 2. The van der Waals surface area contributed by atoms with Crippen LogP contribution in [0.15, 0.2) is 22.9 Å². The first kappa shape index (κ1) is 14.8. The molecule has 0 saturated heterocycles. The van der Waals surface area contributed by atoms with E-state index < -0.39 is 0 Å². The van der Waals surface area contributed by atoms with Crippen molar-refractivity contribution in [2.45, 2.75) is 20.3 Å². The van der Waals surface area contributed by atoms with E-state index in [9.17, 15) is 4.79 Å². The number of aryl methyl sites for hydroxylation is 1. The topological polar surface area (TPSA) is 49.6 Å². The van der Waals surface area contributed by atoms with Crippen LogP contribution in [0.3, 0.4) is 0 Å². The molecule has 0 fully saturated rings. The number of urea groups is 1. The van der Waals surface area contributed by atoms with Gasteiger partial charge in [-0.3, -0.25) is 0 Å². The molecule has 0 aromatic carbocycles. The number of aromatic nitrogens is 2. The molecule has 2 aromatic rings. The molecule has 0 spiro atoms. The fourth-order valence-corrected chi connectivity index (χ4v) is 2.54. The normalized spacial score (nSPS) is 10.8. The number of carbonyl (C=O) groups is 1. The second-order valence-corrected chi connectivity index (χ2v) is 5.72. The van der Waals surface area contributed by atoms with Gasteiger partial charge in [0.05, 0.1) is 5.69 Å². The average Bonchev–Trinajstić information content (AvgIpc) is 2.80. The summed E-state index contributed by atoms with van der Waals surface area (Å²) < 4.78 is 3.04. The van der Waals surface area contributed by atoms with Gasteiger partial charge in [0.25, 0.3) is 0 Å². The first-order chi connectivity index (χ1) is 9.51. The molecule has 0 aliphatic carbocycles. The number of nitrogens with zero attached hydrogens (tertiary/aromatic N) is 3. The van der Waals surface area contributed by atoms with E-state index in [4.69, 9.17) is 0 Å². The van der Waals surface area contributed by atoms with Crippen molar-refractivity contribution in [3.63, 3.8) is 0 Å². The molecule has 0 unspecified atom stereocenters. The van der Waals surface area contributed by atoms with Crippen molar-refractivity contribution in [3.8, 4) is 0 Å². The van der Waals surface area contributed by atoms with E-state index in [-0.39, 0.29) is 6.03 Å². The van der Waals surface area contributed by atoms with Gasteiger partial charge in [0.2, 0.25) is 0 Å². The summed E-state index contributed by atoms with van der Waals surface area (Å²) in [6, 6.07) is 2.00. The Hall–Kier alpha value is -1.56. The Labute approximate surface area is 127 Å². The lowest BCUT2D eigenvalue weighted by Gasteiger charge is -2.14. The predicted molar refractivity (Wildman–Crippen MR) is 83.0 cm³/mol. The highest BCUT2D eigenvalue weighted by Gasteiger charge is 2.07. The van der Waals surface area contributed by atoms with Gasteiger partial charge in [-0.25, -0.2) is 9.78 Å². The lowest BCUT2D eigenvalue weighted by atomic mass is 10.3. The van der Waals surface area contributed by atoms with Crippen molar-refractivity contribution < 1.29 is 4.79 Å². The van der Waals surface area contributed by atoms with Crippen LogP contribution < -0.4 is 5.32 Å². The van der Waals surface area contributed by atoms with Gasteiger partial charge in [0.15, 0.2) is 0 Å². The number of imidazole rings is 1. The van der Waals surface area contributed by atoms with Crippen molar-refractivity contribution >= 4 is 27.6 Å². The third kappa shape index (κ3) is 3.30. The zero-order valence-corrected chi connectivity index (χ0v) is 13.6. The summed E-state index contributed by atoms with van der Waals surface area (Å²) in [7, 11) is 1.78. The molecular formula is C14H19BrN4O. The van der Waals surface area contributed by atoms with Crippen molar-refractivity contribution in [2.75, 3.05) is 20.1 Å². The molecule has 0 radical (unpaired) electrons. The molecule has 0 aliphatic rings. The largest absolute Gasteiger partial charge is 0.338 e. The minimum Gasteiger partial charge on any atom is -0.338 e. The fourth-order valence-electron chi connectivity index (χ4n) is 1.97. The first-order valence-electron chi connectivity index (χ1n) is 6.64. The summed E-state index contributed by atoms with van der Waals surface area (Å²) >= 11 is 3.48. The summed E-state index contributed by atoms with van der Waals surface area (Å²) in [5, 5.41) is 2.88. The second-order valence-electron chi connectivity index (χ2n) is 4.80. The van der Waals surface area contributed by atoms with Gasteiger partial charge in [0, 0.05) is 43.4 Å². The maximum Gasteiger partial charge on any atom is 0.317 e. The second kappa shape index (κ2) is 6.26. The lowest BCUT2D eigenvalue weighted by Crippen LogP contribution is -2.37. The van der Waals surface area contributed by atoms with Crippen molar-refractivity contribution in [2.24, 2.45) is 0 Å². The number of rotatable bonds is 4. The molecule has 1 N–H and O–H groups in total. The van der Waals surface area contributed by atoms with Crippen LogP contribution in [0.5, 0.6) is 0 Å². The number of pyridine rings is 1. The zero-order chi connectivity index (χ0) is 14.7. The molecule has 20 heavy (non-hydrogen) atoms. The van der Waals surface area contributed by atoms with Crippen LogP contribution in [0, 0.1) is 6.92 Å². The van der Waals surface area contributed by atoms with Gasteiger partial charge in [-0.1, -0.05) is 0 Å². The number of amides is 2. The minimum absolute atomic E-state index is 0.0461. The number of nitrogens with one attached hydrogen (secondary N) is 1. The third-order valence-corrected chi connectivity index (χ3v) is 3.66. The Bertz CT molecular complexity index is 623. The van der Waals surface area contributed by atoms with Crippen LogP contribution in [-0.4, -0.2) is 40.5 Å². The molecule has 2 amide bonds. The van der Waals surface area contributed by atoms with E-state index in [2.05, 4.69) is 26.2 Å². The van der Waals surface area contributed by atoms with Crippen molar-refractivity contribution in [1.82, 2.24) is 19.6 Å². The Balaban J connectivity index is 2.01. The lowest BCUT2D eigenvalue weighted by molar-refractivity contribution is 0.211. The molecule has 2 heterocycles. The molecular weight excluding hydrogens is 320 g/mol. The highest BCUT2D eigenvalue weighted by atomic mass is 79.9. The van der Waals surface area contributed by atoms with Crippen LogP contribution in [0.1, 0.15) is 18.2 Å². The SMILES string of the molecule is CCN(C)C(=O)NCCc1cn2cc(Br)cc(C)c2n1. The van der Waals surface area contributed by atoms with E-state index >= 15 is 0 Å². The predicted octanol–water partition coefficient (Wildman–Crippen LogP) is 2.61. The Morgan fingerprint density at radius 2 is 2.25 bits per heavy atom. The number of carbonyl (C=O) groups excluding carboxylic acids is 1. The molecule has 0 saturated carbocycles. The van der Waals surface area contributed by atoms with Gasteiger partial charge in [-0.05, 0) is 41.4 Å². The fraction of sp³-hybridized carbons (Fsp3) is 0.429. The number of fused-ring (bicyclic) bond motifs is 1. The first-order valence-corrected chi connectivity index (χ1v) is 7.43. The number of hydrogen-bond donors (Lipinski definition) is 1. The Morgan fingerprint density at radius 1 is 1.50 bits per heavy atom. The van der Waals surface area contributed by atoms with E-state index in [0.717, 1.165) is 27.8 Å². The minimum atomic E-state index is -0.0461. The smallest absolute Gasteiger partial charge is 0.317 e. The van der Waals surface area contributed by atoms with E-state index in [1.54, 1.807) is 11.9 Å². The standard InChI is InChI=1S/C14H19BrN4O/c1-4-18(3)14(20)16-6-5-12-9-19-8-11(15)7-10(2)13(19)17-12/h7-9H,4-6H2,1-3H3,(H,16,20). The summed E-state index contributed by atoms with van der Waals surface area (Å²) in [4.78, 5) is 17.9.